The number of Topliss-reactive ketones (excluding diaryl/α,β-unsaturated/α-hetero) is 1. The summed E-state index contributed by atoms with van der Waals surface area (Å²) in [7, 11) is 1.66. The van der Waals surface area contributed by atoms with Crippen molar-refractivity contribution in [2.24, 2.45) is 5.92 Å². The van der Waals surface area contributed by atoms with Crippen LogP contribution in [0.2, 0.25) is 0 Å². The molecule has 7 nitrogen and oxygen atoms in total. The van der Waals surface area contributed by atoms with Crippen molar-refractivity contribution < 1.29 is 33.2 Å². The van der Waals surface area contributed by atoms with Crippen molar-refractivity contribution in [3.05, 3.63) is 65.7 Å². The summed E-state index contributed by atoms with van der Waals surface area (Å²) in [6.07, 6.45) is 4.64. The van der Waals surface area contributed by atoms with E-state index in [0.29, 0.717) is 58.0 Å². The van der Waals surface area contributed by atoms with Gasteiger partial charge < -0.3 is 28.4 Å². The third-order valence-corrected chi connectivity index (χ3v) is 7.97. The molecular formula is C31H40O7. The van der Waals surface area contributed by atoms with Gasteiger partial charge >= 0.3 is 0 Å². The molecule has 3 fully saturated rings. The number of carbonyl (C=O) groups is 1. The Labute approximate surface area is 225 Å². The average Bonchev–Trinajstić information content (AvgIpc) is 3.45. The monoisotopic (exact) mass is 524 g/mol. The second kappa shape index (κ2) is 12.3. The van der Waals surface area contributed by atoms with Gasteiger partial charge in [0.15, 0.2) is 11.6 Å². The Morgan fingerprint density at radius 2 is 1.61 bits per heavy atom. The molecule has 7 heteroatoms. The van der Waals surface area contributed by atoms with E-state index in [4.69, 9.17) is 28.4 Å². The molecule has 5 rings (SSSR count). The quantitative estimate of drug-likeness (QED) is 0.355. The molecular weight excluding hydrogens is 484 g/mol. The first kappa shape index (κ1) is 27.3. The summed E-state index contributed by atoms with van der Waals surface area (Å²) in [4.78, 5) is 13.0. The van der Waals surface area contributed by atoms with Crippen LogP contribution in [0.3, 0.4) is 0 Å². The zero-order valence-electron chi connectivity index (χ0n) is 22.6. The van der Waals surface area contributed by atoms with Gasteiger partial charge in [-0.25, -0.2) is 0 Å². The number of ketones is 1. The summed E-state index contributed by atoms with van der Waals surface area (Å²) in [5, 5.41) is 0. The molecule has 2 aromatic rings. The Kier molecular flexibility index (Phi) is 8.81. The van der Waals surface area contributed by atoms with Crippen LogP contribution in [0, 0.1) is 5.92 Å². The van der Waals surface area contributed by atoms with Crippen molar-refractivity contribution in [2.45, 2.75) is 88.9 Å². The first-order chi connectivity index (χ1) is 18.5. The SMILES string of the molecule is COc1ccc(COCC[C@@H]2CCC(=O)[C@]3(CC[C@]4(C[C@@H](C)[C@@H](CCOCc5ccccc5)O4)O3)O2)cc1. The molecule has 0 bridgehead atoms. The van der Waals surface area contributed by atoms with Gasteiger partial charge in [0.1, 0.15) is 5.75 Å². The lowest BCUT2D eigenvalue weighted by molar-refractivity contribution is -0.317. The van der Waals surface area contributed by atoms with E-state index in [1.165, 1.54) is 5.56 Å². The third kappa shape index (κ3) is 6.46. The van der Waals surface area contributed by atoms with Gasteiger partial charge in [-0.15, -0.1) is 0 Å². The molecule has 2 aromatic carbocycles. The van der Waals surface area contributed by atoms with Crippen LogP contribution in [0.1, 0.15) is 63.0 Å². The molecule has 3 aliphatic rings. The highest BCUT2D eigenvalue weighted by Crippen LogP contribution is 2.51. The van der Waals surface area contributed by atoms with Crippen LogP contribution in [0.5, 0.6) is 5.75 Å². The summed E-state index contributed by atoms with van der Waals surface area (Å²) in [5.41, 5.74) is 2.26. The summed E-state index contributed by atoms with van der Waals surface area (Å²) in [6.45, 7) is 4.50. The fraction of sp³-hybridized carbons (Fsp3) is 0.581. The summed E-state index contributed by atoms with van der Waals surface area (Å²) >= 11 is 0. The van der Waals surface area contributed by atoms with Gasteiger partial charge in [-0.1, -0.05) is 49.4 Å². The van der Waals surface area contributed by atoms with Crippen molar-refractivity contribution >= 4 is 5.78 Å². The molecule has 0 aliphatic carbocycles. The zero-order chi connectivity index (χ0) is 26.4. The van der Waals surface area contributed by atoms with Crippen molar-refractivity contribution in [3.63, 3.8) is 0 Å². The highest BCUT2D eigenvalue weighted by Gasteiger charge is 2.60. The van der Waals surface area contributed by atoms with E-state index in [1.807, 2.05) is 42.5 Å². The lowest BCUT2D eigenvalue weighted by atomic mass is 9.94. The molecule has 0 saturated carbocycles. The van der Waals surface area contributed by atoms with Crippen molar-refractivity contribution in [3.8, 4) is 5.75 Å². The van der Waals surface area contributed by atoms with Crippen LogP contribution in [0.25, 0.3) is 0 Å². The number of hydrogen-bond acceptors (Lipinski definition) is 7. The number of benzene rings is 2. The van der Waals surface area contributed by atoms with E-state index in [-0.39, 0.29) is 18.0 Å². The fourth-order valence-corrected chi connectivity index (χ4v) is 5.84. The van der Waals surface area contributed by atoms with Crippen LogP contribution in [-0.4, -0.2) is 49.9 Å². The molecule has 0 aromatic heterocycles. The number of carbonyl (C=O) groups excluding carboxylic acids is 1. The van der Waals surface area contributed by atoms with Crippen molar-refractivity contribution in [1.82, 2.24) is 0 Å². The Morgan fingerprint density at radius 3 is 2.34 bits per heavy atom. The minimum atomic E-state index is -1.18. The van der Waals surface area contributed by atoms with Crippen LogP contribution in [0.15, 0.2) is 54.6 Å². The second-order valence-corrected chi connectivity index (χ2v) is 10.8. The van der Waals surface area contributed by atoms with E-state index >= 15 is 0 Å². The molecule has 0 unspecified atom stereocenters. The normalized spacial score (nSPS) is 30.9. The molecule has 0 radical (unpaired) electrons. The smallest absolute Gasteiger partial charge is 0.231 e. The number of methoxy groups -OCH3 is 1. The van der Waals surface area contributed by atoms with E-state index in [0.717, 1.165) is 30.6 Å². The van der Waals surface area contributed by atoms with Crippen molar-refractivity contribution in [2.75, 3.05) is 20.3 Å². The molecule has 3 heterocycles. The largest absolute Gasteiger partial charge is 0.497 e. The van der Waals surface area contributed by atoms with E-state index in [9.17, 15) is 4.79 Å². The van der Waals surface area contributed by atoms with Gasteiger partial charge in [0, 0.05) is 38.9 Å². The Bertz CT molecular complexity index is 1040. The zero-order valence-corrected chi connectivity index (χ0v) is 22.6. The Hall–Kier alpha value is -2.29. The minimum Gasteiger partial charge on any atom is -0.497 e. The highest BCUT2D eigenvalue weighted by molar-refractivity contribution is 5.86. The topological polar surface area (TPSA) is 72.5 Å². The second-order valence-electron chi connectivity index (χ2n) is 10.8. The molecule has 206 valence electrons. The number of hydrogen-bond donors (Lipinski definition) is 0. The summed E-state index contributed by atoms with van der Waals surface area (Å²) < 4.78 is 36.3. The first-order valence-electron chi connectivity index (χ1n) is 13.9. The lowest BCUT2D eigenvalue weighted by Crippen LogP contribution is -2.50. The van der Waals surface area contributed by atoms with E-state index in [2.05, 4.69) is 19.1 Å². The van der Waals surface area contributed by atoms with E-state index in [1.54, 1.807) is 7.11 Å². The maximum atomic E-state index is 13.0. The highest BCUT2D eigenvalue weighted by atomic mass is 16.8. The molecule has 3 aliphatic heterocycles. The maximum Gasteiger partial charge on any atom is 0.231 e. The number of ether oxygens (including phenoxy) is 6. The number of rotatable bonds is 11. The third-order valence-electron chi connectivity index (χ3n) is 7.97. The Balaban J connectivity index is 1.07. The van der Waals surface area contributed by atoms with Gasteiger partial charge in [0.05, 0.1) is 32.5 Å². The first-order valence-corrected chi connectivity index (χ1v) is 13.9. The molecule has 5 atom stereocenters. The maximum absolute atomic E-state index is 13.0. The van der Waals surface area contributed by atoms with Crippen LogP contribution >= 0.6 is 0 Å². The average molecular weight is 525 g/mol. The van der Waals surface area contributed by atoms with Crippen molar-refractivity contribution in [1.29, 1.82) is 0 Å². The van der Waals surface area contributed by atoms with Gasteiger partial charge in [-0.3, -0.25) is 4.79 Å². The predicted octanol–water partition coefficient (Wildman–Crippen LogP) is 5.58. The van der Waals surface area contributed by atoms with Gasteiger partial charge in [-0.2, -0.15) is 0 Å². The predicted molar refractivity (Wildman–Crippen MR) is 142 cm³/mol. The fourth-order valence-electron chi connectivity index (χ4n) is 5.84. The van der Waals surface area contributed by atoms with E-state index < -0.39 is 11.6 Å². The minimum absolute atomic E-state index is 0.0377. The standard InChI is InChI=1S/C31H40O7/c1-23-20-30(37-28(23)15-19-35-21-24-6-4-3-5-7-24)16-17-31(38-30)29(32)13-12-27(36-31)14-18-34-22-25-8-10-26(33-2)11-9-25/h3-11,23,27-28H,12-22H2,1-2H3/t23-,27+,28-,30-,31-/m1/s1. The lowest BCUT2D eigenvalue weighted by Gasteiger charge is -2.38. The summed E-state index contributed by atoms with van der Waals surface area (Å²) in [6, 6.07) is 18.0. The molecule has 2 spiro atoms. The molecule has 0 amide bonds. The van der Waals surface area contributed by atoms with Gasteiger partial charge in [-0.05, 0) is 48.4 Å². The van der Waals surface area contributed by atoms with Crippen LogP contribution < -0.4 is 4.74 Å². The molecule has 3 saturated heterocycles. The van der Waals surface area contributed by atoms with Crippen LogP contribution in [-0.2, 0) is 41.7 Å². The molecule has 0 N–H and O–H groups in total. The summed E-state index contributed by atoms with van der Waals surface area (Å²) in [5.74, 6) is -0.734. The Morgan fingerprint density at radius 1 is 0.895 bits per heavy atom. The van der Waals surface area contributed by atoms with Gasteiger partial charge in [0.2, 0.25) is 5.79 Å². The van der Waals surface area contributed by atoms with Crippen LogP contribution in [0.4, 0.5) is 0 Å². The van der Waals surface area contributed by atoms with Gasteiger partial charge in [0.25, 0.3) is 0 Å². The molecule has 38 heavy (non-hydrogen) atoms.